The van der Waals surface area contributed by atoms with E-state index in [2.05, 4.69) is 24.1 Å². The number of likely N-dealkylation sites (tertiary alicyclic amines) is 1. The Bertz CT molecular complexity index is 226. The van der Waals surface area contributed by atoms with E-state index in [1.54, 1.807) is 0 Å². The van der Waals surface area contributed by atoms with Gasteiger partial charge in [-0.1, -0.05) is 13.8 Å². The highest BCUT2D eigenvalue weighted by Gasteiger charge is 2.33. The number of β-amino-alcohol motifs (C(OH)–C–C–N with tert-alkyl or cyclic N) is 1. The van der Waals surface area contributed by atoms with E-state index in [0.717, 1.165) is 50.9 Å². The monoisotopic (exact) mass is 226 g/mol. The lowest BCUT2D eigenvalue weighted by Crippen LogP contribution is -2.52. The summed E-state index contributed by atoms with van der Waals surface area (Å²) in [5.74, 6) is 1.62. The SMILES string of the molecule is CC1CCN(CC2(O)CCNCC2)CC1C. The molecule has 0 aliphatic carbocycles. The van der Waals surface area contributed by atoms with Crippen molar-refractivity contribution in [2.45, 2.75) is 38.7 Å². The fraction of sp³-hybridized carbons (Fsp3) is 1.00. The maximum atomic E-state index is 10.5. The molecule has 0 aromatic rings. The molecule has 0 saturated carbocycles. The first kappa shape index (κ1) is 12.3. The maximum Gasteiger partial charge on any atom is 0.0798 e. The lowest BCUT2D eigenvalue weighted by atomic mass is 9.86. The van der Waals surface area contributed by atoms with Crippen LogP contribution < -0.4 is 5.32 Å². The number of piperidine rings is 2. The van der Waals surface area contributed by atoms with Gasteiger partial charge in [0.1, 0.15) is 0 Å². The lowest BCUT2D eigenvalue weighted by Gasteiger charge is -2.41. The number of hydrogen-bond acceptors (Lipinski definition) is 3. The van der Waals surface area contributed by atoms with Crippen LogP contribution in [0.2, 0.25) is 0 Å². The second-order valence-electron chi connectivity index (χ2n) is 5.95. The molecule has 2 heterocycles. The third kappa shape index (κ3) is 2.96. The minimum absolute atomic E-state index is 0.425. The summed E-state index contributed by atoms with van der Waals surface area (Å²) in [7, 11) is 0. The van der Waals surface area contributed by atoms with Gasteiger partial charge in [-0.05, 0) is 50.7 Å². The molecule has 0 aromatic carbocycles. The number of nitrogens with one attached hydrogen (secondary N) is 1. The molecule has 2 atom stereocenters. The first-order valence-corrected chi connectivity index (χ1v) is 6.74. The fourth-order valence-corrected chi connectivity index (χ4v) is 2.96. The van der Waals surface area contributed by atoms with Crippen molar-refractivity contribution in [3.05, 3.63) is 0 Å². The number of nitrogens with zero attached hydrogens (tertiary/aromatic N) is 1. The molecule has 0 amide bonds. The van der Waals surface area contributed by atoms with E-state index in [-0.39, 0.29) is 0 Å². The Kier molecular flexibility index (Phi) is 3.88. The van der Waals surface area contributed by atoms with E-state index in [1.165, 1.54) is 13.0 Å². The zero-order chi connectivity index (χ0) is 11.6. The summed E-state index contributed by atoms with van der Waals surface area (Å²) in [6.45, 7) is 9.83. The van der Waals surface area contributed by atoms with Crippen LogP contribution in [0.15, 0.2) is 0 Å². The molecule has 2 aliphatic rings. The van der Waals surface area contributed by atoms with Crippen LogP contribution in [-0.4, -0.2) is 48.3 Å². The zero-order valence-electron chi connectivity index (χ0n) is 10.7. The normalized spacial score (nSPS) is 36.2. The summed E-state index contributed by atoms with van der Waals surface area (Å²) in [5, 5.41) is 13.8. The van der Waals surface area contributed by atoms with E-state index in [0.29, 0.717) is 0 Å². The fourth-order valence-electron chi connectivity index (χ4n) is 2.96. The molecule has 2 rings (SSSR count). The highest BCUT2D eigenvalue weighted by atomic mass is 16.3. The number of aliphatic hydroxyl groups is 1. The zero-order valence-corrected chi connectivity index (χ0v) is 10.7. The van der Waals surface area contributed by atoms with Gasteiger partial charge in [0.2, 0.25) is 0 Å². The predicted octanol–water partition coefficient (Wildman–Crippen LogP) is 1.08. The summed E-state index contributed by atoms with van der Waals surface area (Å²) >= 11 is 0. The van der Waals surface area contributed by atoms with Gasteiger partial charge in [0.15, 0.2) is 0 Å². The van der Waals surface area contributed by atoms with Crippen molar-refractivity contribution >= 4 is 0 Å². The minimum Gasteiger partial charge on any atom is -0.388 e. The van der Waals surface area contributed by atoms with Gasteiger partial charge in [0.25, 0.3) is 0 Å². The average Bonchev–Trinajstić information content (AvgIpc) is 2.24. The molecule has 2 fully saturated rings. The molecule has 94 valence electrons. The molecule has 0 bridgehead atoms. The molecule has 0 radical (unpaired) electrons. The summed E-state index contributed by atoms with van der Waals surface area (Å²) in [6.07, 6.45) is 3.11. The van der Waals surface area contributed by atoms with Gasteiger partial charge in [-0.3, -0.25) is 0 Å². The molecule has 3 heteroatoms. The summed E-state index contributed by atoms with van der Waals surface area (Å²) in [6, 6.07) is 0. The first-order chi connectivity index (χ1) is 7.59. The molecule has 2 unspecified atom stereocenters. The average molecular weight is 226 g/mol. The Morgan fingerprint density at radius 3 is 2.56 bits per heavy atom. The molecule has 2 N–H and O–H groups in total. The Hall–Kier alpha value is -0.120. The van der Waals surface area contributed by atoms with Gasteiger partial charge in [-0.2, -0.15) is 0 Å². The summed E-state index contributed by atoms with van der Waals surface area (Å²) in [5.41, 5.74) is -0.425. The predicted molar refractivity (Wildman–Crippen MR) is 66.4 cm³/mol. The lowest BCUT2D eigenvalue weighted by molar-refractivity contribution is -0.0330. The summed E-state index contributed by atoms with van der Waals surface area (Å²) in [4.78, 5) is 2.47. The smallest absolute Gasteiger partial charge is 0.0798 e. The van der Waals surface area contributed by atoms with Crippen LogP contribution in [0.25, 0.3) is 0 Å². The topological polar surface area (TPSA) is 35.5 Å². The Labute approximate surface area is 99.2 Å². The third-order valence-electron chi connectivity index (χ3n) is 4.47. The molecule has 2 saturated heterocycles. The van der Waals surface area contributed by atoms with E-state index in [9.17, 15) is 5.11 Å². The van der Waals surface area contributed by atoms with Crippen molar-refractivity contribution in [1.82, 2.24) is 10.2 Å². The van der Waals surface area contributed by atoms with Crippen LogP contribution in [0.3, 0.4) is 0 Å². The van der Waals surface area contributed by atoms with Crippen molar-refractivity contribution in [3.8, 4) is 0 Å². The van der Waals surface area contributed by atoms with Gasteiger partial charge < -0.3 is 15.3 Å². The van der Waals surface area contributed by atoms with Crippen molar-refractivity contribution in [2.75, 3.05) is 32.7 Å². The summed E-state index contributed by atoms with van der Waals surface area (Å²) < 4.78 is 0. The molecule has 3 nitrogen and oxygen atoms in total. The molecular weight excluding hydrogens is 200 g/mol. The Balaban J connectivity index is 1.84. The maximum absolute atomic E-state index is 10.5. The third-order valence-corrected chi connectivity index (χ3v) is 4.47. The molecule has 0 spiro atoms. The van der Waals surface area contributed by atoms with Crippen molar-refractivity contribution < 1.29 is 5.11 Å². The van der Waals surface area contributed by atoms with Gasteiger partial charge in [0.05, 0.1) is 5.60 Å². The number of rotatable bonds is 2. The molecule has 0 aromatic heterocycles. The van der Waals surface area contributed by atoms with Crippen molar-refractivity contribution in [1.29, 1.82) is 0 Å². The van der Waals surface area contributed by atoms with Crippen LogP contribution in [0.4, 0.5) is 0 Å². The van der Waals surface area contributed by atoms with E-state index >= 15 is 0 Å². The highest BCUT2D eigenvalue weighted by molar-refractivity contribution is 4.89. The Morgan fingerprint density at radius 1 is 1.25 bits per heavy atom. The highest BCUT2D eigenvalue weighted by Crippen LogP contribution is 2.26. The second-order valence-corrected chi connectivity index (χ2v) is 5.95. The number of hydrogen-bond donors (Lipinski definition) is 2. The van der Waals surface area contributed by atoms with Crippen molar-refractivity contribution in [3.63, 3.8) is 0 Å². The van der Waals surface area contributed by atoms with E-state index < -0.39 is 5.60 Å². The van der Waals surface area contributed by atoms with Gasteiger partial charge in [0, 0.05) is 13.1 Å². The van der Waals surface area contributed by atoms with Crippen LogP contribution in [0.5, 0.6) is 0 Å². The van der Waals surface area contributed by atoms with Gasteiger partial charge in [-0.15, -0.1) is 0 Å². The quantitative estimate of drug-likeness (QED) is 0.739. The van der Waals surface area contributed by atoms with Crippen LogP contribution in [0, 0.1) is 11.8 Å². The molecular formula is C13H26N2O. The van der Waals surface area contributed by atoms with Crippen LogP contribution >= 0.6 is 0 Å². The van der Waals surface area contributed by atoms with Gasteiger partial charge in [-0.25, -0.2) is 0 Å². The van der Waals surface area contributed by atoms with E-state index in [4.69, 9.17) is 0 Å². The Morgan fingerprint density at radius 2 is 1.94 bits per heavy atom. The van der Waals surface area contributed by atoms with Crippen LogP contribution in [-0.2, 0) is 0 Å². The standard InChI is InChI=1S/C13H26N2O/c1-11-3-8-15(9-12(11)2)10-13(16)4-6-14-7-5-13/h11-12,14,16H,3-10H2,1-2H3. The second kappa shape index (κ2) is 5.03. The minimum atomic E-state index is -0.425. The first-order valence-electron chi connectivity index (χ1n) is 6.74. The van der Waals surface area contributed by atoms with E-state index in [1.807, 2.05) is 0 Å². The molecule has 2 aliphatic heterocycles. The van der Waals surface area contributed by atoms with Crippen molar-refractivity contribution in [2.24, 2.45) is 11.8 Å². The largest absolute Gasteiger partial charge is 0.388 e. The van der Waals surface area contributed by atoms with Gasteiger partial charge >= 0.3 is 0 Å². The van der Waals surface area contributed by atoms with Crippen LogP contribution in [0.1, 0.15) is 33.1 Å². The molecule has 16 heavy (non-hydrogen) atoms.